The number of anilines is 1. The number of aliphatic hydroxyl groups excluding tert-OH is 1. The van der Waals surface area contributed by atoms with Crippen molar-refractivity contribution in [2.75, 3.05) is 44.3 Å². The molecule has 1 N–H and O–H groups in total. The van der Waals surface area contributed by atoms with Crippen molar-refractivity contribution in [3.05, 3.63) is 49.6 Å². The van der Waals surface area contributed by atoms with E-state index in [4.69, 9.17) is 4.74 Å². The Hall–Kier alpha value is -2.78. The number of ether oxygens (including phenoxy) is 1. The number of benzene rings is 1. The molecule has 39 heavy (non-hydrogen) atoms. The monoisotopic (exact) mass is 555 g/mol. The third-order valence-corrected chi connectivity index (χ3v) is 10.1. The smallest absolute Gasteiger partial charge is 0.247 e. The molecule has 3 saturated heterocycles. The quantitative estimate of drug-likeness (QED) is 0.354. The Kier molecular flexibility index (Phi) is 9.43. The minimum absolute atomic E-state index is 0.0449. The lowest BCUT2D eigenvalue weighted by Crippen LogP contribution is -2.55. The summed E-state index contributed by atoms with van der Waals surface area (Å²) >= 11 is 1.64. The number of likely N-dealkylation sites (tertiary alicyclic amines) is 1. The van der Waals surface area contributed by atoms with Crippen molar-refractivity contribution in [2.24, 2.45) is 11.8 Å². The minimum Gasteiger partial charge on any atom is -0.494 e. The molecule has 3 aliphatic heterocycles. The molecule has 2 unspecified atom stereocenters. The molecule has 3 aliphatic rings. The fraction of sp³-hybridized carbons (Fsp3) is 0.567. The lowest BCUT2D eigenvalue weighted by atomic mass is 9.70. The van der Waals surface area contributed by atoms with Crippen LogP contribution in [0.4, 0.5) is 5.69 Å². The number of nitrogens with zero attached hydrogens (tertiary/aromatic N) is 3. The van der Waals surface area contributed by atoms with Gasteiger partial charge < -0.3 is 24.5 Å². The van der Waals surface area contributed by atoms with E-state index in [0.29, 0.717) is 38.3 Å². The Morgan fingerprint density at radius 1 is 1.18 bits per heavy atom. The summed E-state index contributed by atoms with van der Waals surface area (Å²) < 4.78 is 4.88. The number of carbonyl (C=O) groups excluding carboxylic acids is 3. The zero-order valence-electron chi connectivity index (χ0n) is 23.1. The molecular formula is C30H41N3O5S. The fourth-order valence-electron chi connectivity index (χ4n) is 6.55. The van der Waals surface area contributed by atoms with Gasteiger partial charge in [-0.1, -0.05) is 25.5 Å². The molecular weight excluding hydrogens is 514 g/mol. The van der Waals surface area contributed by atoms with Crippen molar-refractivity contribution in [3.63, 3.8) is 0 Å². The van der Waals surface area contributed by atoms with E-state index in [1.807, 2.05) is 31.2 Å². The highest BCUT2D eigenvalue weighted by molar-refractivity contribution is 8.02. The zero-order valence-corrected chi connectivity index (χ0v) is 23.9. The second-order valence-electron chi connectivity index (χ2n) is 10.4. The lowest BCUT2D eigenvalue weighted by Gasteiger charge is -2.37. The predicted octanol–water partition coefficient (Wildman–Crippen LogP) is 3.50. The second-order valence-corrected chi connectivity index (χ2v) is 12.0. The average molecular weight is 556 g/mol. The highest BCUT2D eigenvalue weighted by Crippen LogP contribution is 2.66. The number of β-amino-alcohol motifs (C(OH)–C–C–N with tert-alkyl or cyclic N) is 1. The average Bonchev–Trinajstić information content (AvgIpc) is 3.57. The Labute approximate surface area is 236 Å². The molecule has 0 aliphatic carbocycles. The molecule has 2 bridgehead atoms. The Morgan fingerprint density at radius 3 is 2.51 bits per heavy atom. The van der Waals surface area contributed by atoms with Crippen LogP contribution in [0.15, 0.2) is 49.6 Å². The van der Waals surface area contributed by atoms with Gasteiger partial charge in [-0.25, -0.2) is 0 Å². The van der Waals surface area contributed by atoms with Crippen LogP contribution in [-0.2, 0) is 14.4 Å². The normalized spacial score (nSPS) is 26.8. The summed E-state index contributed by atoms with van der Waals surface area (Å²) in [5.41, 5.74) is 0.715. The summed E-state index contributed by atoms with van der Waals surface area (Å²) in [6, 6.07) is 6.67. The summed E-state index contributed by atoms with van der Waals surface area (Å²) in [7, 11) is 0. The number of rotatable bonds is 14. The molecule has 1 aromatic rings. The van der Waals surface area contributed by atoms with Gasteiger partial charge in [-0.15, -0.1) is 24.9 Å². The van der Waals surface area contributed by atoms with E-state index in [-0.39, 0.29) is 36.1 Å². The van der Waals surface area contributed by atoms with Crippen LogP contribution >= 0.6 is 11.8 Å². The molecule has 8 nitrogen and oxygen atoms in total. The molecule has 0 saturated carbocycles. The molecule has 3 heterocycles. The highest BCUT2D eigenvalue weighted by Gasteiger charge is 2.74. The van der Waals surface area contributed by atoms with Crippen LogP contribution < -0.4 is 9.64 Å². The van der Waals surface area contributed by atoms with Gasteiger partial charge in [0.1, 0.15) is 11.8 Å². The highest BCUT2D eigenvalue weighted by atomic mass is 32.2. The number of aliphatic hydroxyl groups is 1. The summed E-state index contributed by atoms with van der Waals surface area (Å²) in [5.74, 6) is -0.868. The molecule has 4 rings (SSSR count). The van der Waals surface area contributed by atoms with E-state index >= 15 is 0 Å². The SMILES string of the molecule is C=CCN(CCCC)C(=O)C1N(CCO)C(=O)[C@@H]2[C@H](C(=O)N(CC=C)c3ccc(OCC)cc3)[C@@H]3CCC12S3. The number of fused-ring (bicyclic) bond motifs is 1. The van der Waals surface area contributed by atoms with Gasteiger partial charge >= 0.3 is 0 Å². The van der Waals surface area contributed by atoms with Crippen molar-refractivity contribution in [1.82, 2.24) is 9.80 Å². The fourth-order valence-corrected chi connectivity index (χ4v) is 8.76. The molecule has 212 valence electrons. The maximum atomic E-state index is 14.2. The van der Waals surface area contributed by atoms with E-state index in [9.17, 15) is 19.5 Å². The number of hydrogen-bond acceptors (Lipinski definition) is 6. The number of amides is 3. The number of carbonyl (C=O) groups is 3. The van der Waals surface area contributed by atoms with Crippen LogP contribution in [0.25, 0.3) is 0 Å². The van der Waals surface area contributed by atoms with Gasteiger partial charge in [-0.05, 0) is 50.5 Å². The zero-order chi connectivity index (χ0) is 28.2. The number of hydrogen-bond donors (Lipinski definition) is 1. The van der Waals surface area contributed by atoms with Gasteiger partial charge in [0.15, 0.2) is 0 Å². The van der Waals surface area contributed by atoms with Gasteiger partial charge in [0.05, 0.1) is 29.8 Å². The standard InChI is InChI=1S/C30H41N3O5S/c1-5-9-18-31(16-6-2)29(37)26-30-15-14-23(39-30)24(25(30)28(36)33(26)19-20-34)27(35)32(17-7-3)21-10-12-22(13-11-21)38-8-4/h6-7,10-13,23-26,34H,2-3,5,8-9,14-20H2,1,4H3/t23-,24+,25-,26?,30?/m0/s1. The first-order chi connectivity index (χ1) is 18.9. The Balaban J connectivity index is 1.69. The van der Waals surface area contributed by atoms with Crippen LogP contribution in [0.5, 0.6) is 5.75 Å². The topological polar surface area (TPSA) is 90.4 Å². The molecule has 5 atom stereocenters. The van der Waals surface area contributed by atoms with E-state index in [0.717, 1.165) is 25.0 Å². The van der Waals surface area contributed by atoms with Crippen LogP contribution in [-0.4, -0.2) is 88.1 Å². The third-order valence-electron chi connectivity index (χ3n) is 8.14. The Bertz CT molecular complexity index is 1080. The maximum Gasteiger partial charge on any atom is 0.247 e. The van der Waals surface area contributed by atoms with Crippen LogP contribution in [0, 0.1) is 11.8 Å². The predicted molar refractivity (Wildman–Crippen MR) is 155 cm³/mol. The van der Waals surface area contributed by atoms with Crippen molar-refractivity contribution in [2.45, 2.75) is 55.6 Å². The minimum atomic E-state index is -0.704. The summed E-state index contributed by atoms with van der Waals surface area (Å²) in [5, 5.41) is 9.82. The van der Waals surface area contributed by atoms with Crippen molar-refractivity contribution in [1.29, 1.82) is 0 Å². The Morgan fingerprint density at radius 2 is 1.90 bits per heavy atom. The van der Waals surface area contributed by atoms with Crippen molar-refractivity contribution in [3.8, 4) is 5.75 Å². The van der Waals surface area contributed by atoms with Crippen LogP contribution in [0.3, 0.4) is 0 Å². The van der Waals surface area contributed by atoms with Gasteiger partial charge in [-0.3, -0.25) is 14.4 Å². The van der Waals surface area contributed by atoms with Gasteiger partial charge in [0.25, 0.3) is 0 Å². The van der Waals surface area contributed by atoms with Gasteiger partial charge in [-0.2, -0.15) is 0 Å². The molecule has 9 heteroatoms. The molecule has 1 aromatic carbocycles. The summed E-state index contributed by atoms with van der Waals surface area (Å²) in [6.45, 7) is 13.4. The van der Waals surface area contributed by atoms with Gasteiger partial charge in [0.2, 0.25) is 17.7 Å². The summed E-state index contributed by atoms with van der Waals surface area (Å²) in [6.07, 6.45) is 6.66. The molecule has 1 spiro atoms. The van der Waals surface area contributed by atoms with E-state index in [2.05, 4.69) is 20.1 Å². The van der Waals surface area contributed by atoms with E-state index < -0.39 is 22.6 Å². The lowest BCUT2D eigenvalue weighted by molar-refractivity contribution is -0.143. The van der Waals surface area contributed by atoms with Crippen molar-refractivity contribution < 1.29 is 24.2 Å². The third kappa shape index (κ3) is 5.23. The molecule has 0 radical (unpaired) electrons. The number of thioether (sulfide) groups is 1. The molecule has 3 fully saturated rings. The summed E-state index contributed by atoms with van der Waals surface area (Å²) in [4.78, 5) is 47.4. The first-order valence-corrected chi connectivity index (χ1v) is 14.9. The van der Waals surface area contributed by atoms with E-state index in [1.54, 1.807) is 38.6 Å². The van der Waals surface area contributed by atoms with Crippen LogP contribution in [0.1, 0.15) is 39.5 Å². The first-order valence-electron chi connectivity index (χ1n) is 14.0. The molecule has 3 amide bonds. The molecule has 0 aromatic heterocycles. The number of unbranched alkanes of at least 4 members (excludes halogenated alkanes) is 1. The largest absolute Gasteiger partial charge is 0.494 e. The maximum absolute atomic E-state index is 14.2. The first kappa shape index (κ1) is 29.2. The van der Waals surface area contributed by atoms with E-state index in [1.165, 1.54) is 0 Å². The van der Waals surface area contributed by atoms with Crippen molar-refractivity contribution >= 4 is 35.2 Å². The van der Waals surface area contributed by atoms with Crippen LogP contribution in [0.2, 0.25) is 0 Å². The van der Waals surface area contributed by atoms with Gasteiger partial charge in [0, 0.05) is 37.1 Å². The second kappa shape index (κ2) is 12.6.